The van der Waals surface area contributed by atoms with Gasteiger partial charge in [0, 0.05) is 22.1 Å². The number of benzene rings is 6. The average Bonchev–Trinajstić information content (AvgIpc) is 3.61. The molecule has 0 saturated heterocycles. The topological polar surface area (TPSA) is 33.9 Å². The molecule has 0 bridgehead atoms. The number of hydrogen-bond donors (Lipinski definition) is 2. The molecule has 8 aromatic rings. The van der Waals surface area contributed by atoms with Crippen molar-refractivity contribution in [2.75, 3.05) is 10.6 Å². The lowest BCUT2D eigenvalue weighted by Gasteiger charge is -2.37. The first-order valence-electron chi connectivity index (χ1n) is 15.2. The molecule has 2 unspecified atom stereocenters. The largest absolute Gasteiger partial charge is 0.374 e. The van der Waals surface area contributed by atoms with Crippen LogP contribution in [0.4, 0.5) is 11.4 Å². The number of hydrogen-bond acceptors (Lipinski definition) is 2. The van der Waals surface area contributed by atoms with E-state index in [1.807, 2.05) is 0 Å². The second-order valence-electron chi connectivity index (χ2n) is 11.5. The summed E-state index contributed by atoms with van der Waals surface area (Å²) in [5.41, 5.74) is 11.9. The molecule has 4 heteroatoms. The van der Waals surface area contributed by atoms with Gasteiger partial charge in [-0.3, -0.25) is 0 Å². The lowest BCUT2D eigenvalue weighted by atomic mass is 9.90. The quantitative estimate of drug-likeness (QED) is 0.222. The summed E-state index contributed by atoms with van der Waals surface area (Å²) in [5.74, 6) is 0. The highest BCUT2D eigenvalue weighted by atomic mass is 15.1. The van der Waals surface area contributed by atoms with Crippen LogP contribution in [0.1, 0.15) is 23.2 Å². The van der Waals surface area contributed by atoms with Gasteiger partial charge in [0.05, 0.1) is 45.5 Å². The smallest absolute Gasteiger partial charge is 0.0804 e. The summed E-state index contributed by atoms with van der Waals surface area (Å²) in [6, 6.07) is 56.7. The summed E-state index contributed by atoms with van der Waals surface area (Å²) in [4.78, 5) is 0. The summed E-state index contributed by atoms with van der Waals surface area (Å²) in [7, 11) is 0. The van der Waals surface area contributed by atoms with E-state index in [2.05, 4.69) is 177 Å². The molecule has 1 aliphatic heterocycles. The average molecular weight is 567 g/mol. The van der Waals surface area contributed by atoms with E-state index in [0.29, 0.717) is 0 Å². The van der Waals surface area contributed by atoms with Gasteiger partial charge in [-0.2, -0.15) is 0 Å². The van der Waals surface area contributed by atoms with Gasteiger partial charge in [0.2, 0.25) is 0 Å². The number of nitrogens with one attached hydrogen (secondary N) is 2. The fourth-order valence-corrected chi connectivity index (χ4v) is 7.09. The van der Waals surface area contributed by atoms with Gasteiger partial charge in [0.1, 0.15) is 0 Å². The van der Waals surface area contributed by atoms with Crippen molar-refractivity contribution in [1.29, 1.82) is 0 Å². The SMILES string of the molecule is c1ccc(C2Nc3ccccc3NC2c2ccc3c(c2)c2c(c4ccccc4n2-c2ccccc2)n3-c2ccccc2)cc1. The van der Waals surface area contributed by atoms with Crippen LogP contribution in [-0.2, 0) is 0 Å². The van der Waals surface area contributed by atoms with E-state index in [1.54, 1.807) is 0 Å². The second-order valence-corrected chi connectivity index (χ2v) is 11.5. The van der Waals surface area contributed by atoms with Crippen molar-refractivity contribution in [2.45, 2.75) is 12.1 Å². The number of para-hydroxylation sites is 5. The Kier molecular flexibility index (Phi) is 5.60. The van der Waals surface area contributed by atoms with Gasteiger partial charge in [-0.15, -0.1) is 0 Å². The fourth-order valence-electron chi connectivity index (χ4n) is 7.09. The Hall–Kier alpha value is -5.74. The van der Waals surface area contributed by atoms with Gasteiger partial charge in [-0.05, 0) is 65.7 Å². The summed E-state index contributed by atoms with van der Waals surface area (Å²) < 4.78 is 4.87. The van der Waals surface area contributed by atoms with E-state index < -0.39 is 0 Å². The lowest BCUT2D eigenvalue weighted by Crippen LogP contribution is -2.30. The normalized spacial score (nSPS) is 16.1. The molecule has 6 aromatic carbocycles. The third-order valence-electron chi connectivity index (χ3n) is 9.02. The second kappa shape index (κ2) is 9.92. The molecule has 2 atom stereocenters. The van der Waals surface area contributed by atoms with E-state index in [-0.39, 0.29) is 12.1 Å². The number of aromatic nitrogens is 2. The molecule has 0 saturated carbocycles. The summed E-state index contributed by atoms with van der Waals surface area (Å²) in [5, 5.41) is 10.2. The zero-order valence-corrected chi connectivity index (χ0v) is 24.1. The van der Waals surface area contributed by atoms with Crippen LogP contribution in [0.2, 0.25) is 0 Å². The third kappa shape index (κ3) is 3.78. The first kappa shape index (κ1) is 24.8. The Morgan fingerprint density at radius 2 is 0.864 bits per heavy atom. The van der Waals surface area contributed by atoms with Crippen molar-refractivity contribution >= 4 is 44.2 Å². The zero-order chi connectivity index (χ0) is 29.0. The first-order chi connectivity index (χ1) is 21.8. The molecule has 0 spiro atoms. The van der Waals surface area contributed by atoms with Gasteiger partial charge in [-0.1, -0.05) is 103 Å². The van der Waals surface area contributed by atoms with E-state index in [9.17, 15) is 0 Å². The summed E-state index contributed by atoms with van der Waals surface area (Å²) >= 11 is 0. The molecule has 210 valence electrons. The van der Waals surface area contributed by atoms with Crippen molar-refractivity contribution in [1.82, 2.24) is 9.13 Å². The van der Waals surface area contributed by atoms with Crippen LogP contribution in [0.25, 0.3) is 44.2 Å². The van der Waals surface area contributed by atoms with Crippen LogP contribution < -0.4 is 10.6 Å². The van der Waals surface area contributed by atoms with Crippen molar-refractivity contribution in [3.05, 3.63) is 169 Å². The highest BCUT2D eigenvalue weighted by molar-refractivity contribution is 6.20. The predicted molar refractivity (Wildman–Crippen MR) is 183 cm³/mol. The van der Waals surface area contributed by atoms with Gasteiger partial charge in [0.25, 0.3) is 0 Å². The first-order valence-corrected chi connectivity index (χ1v) is 15.2. The zero-order valence-electron chi connectivity index (χ0n) is 24.1. The van der Waals surface area contributed by atoms with Crippen LogP contribution >= 0.6 is 0 Å². The van der Waals surface area contributed by atoms with Gasteiger partial charge < -0.3 is 19.8 Å². The molecular formula is C40H30N4. The Labute approximate surface area is 255 Å². The predicted octanol–water partition coefficient (Wildman–Crippen LogP) is 10.0. The molecule has 3 heterocycles. The maximum Gasteiger partial charge on any atom is 0.0804 e. The van der Waals surface area contributed by atoms with E-state index in [1.165, 1.54) is 44.0 Å². The van der Waals surface area contributed by atoms with Gasteiger partial charge >= 0.3 is 0 Å². The molecule has 9 rings (SSSR count). The van der Waals surface area contributed by atoms with E-state index >= 15 is 0 Å². The monoisotopic (exact) mass is 566 g/mol. The van der Waals surface area contributed by atoms with E-state index in [4.69, 9.17) is 0 Å². The lowest BCUT2D eigenvalue weighted by molar-refractivity contribution is 0.637. The minimum absolute atomic E-state index is 0.0291. The Morgan fingerprint density at radius 1 is 0.386 bits per heavy atom. The number of rotatable bonds is 4. The summed E-state index contributed by atoms with van der Waals surface area (Å²) in [6.07, 6.45) is 0. The maximum atomic E-state index is 3.91. The maximum absolute atomic E-state index is 3.91. The molecule has 0 aliphatic carbocycles. The minimum atomic E-state index is 0.0291. The number of nitrogens with zero attached hydrogens (tertiary/aromatic N) is 2. The molecule has 0 fully saturated rings. The summed E-state index contributed by atoms with van der Waals surface area (Å²) in [6.45, 7) is 0. The number of fused-ring (bicyclic) bond motifs is 6. The fraction of sp³-hybridized carbons (Fsp3) is 0.0500. The Balaban J connectivity index is 1.35. The standard InChI is InChI=1S/C40H30N4/c1-4-14-27(15-5-1)37-38(42-34-22-12-11-21-33(34)41-37)28-24-25-36-32(26-28)40-39(44(36)30-18-8-3-9-19-30)31-20-10-13-23-35(31)43(40)29-16-6-2-7-17-29/h1-26,37-38,41-42H. The van der Waals surface area contributed by atoms with Crippen LogP contribution in [0.5, 0.6) is 0 Å². The molecular weight excluding hydrogens is 536 g/mol. The molecule has 0 amide bonds. The third-order valence-corrected chi connectivity index (χ3v) is 9.02. The van der Waals surface area contributed by atoms with Crippen molar-refractivity contribution < 1.29 is 0 Å². The van der Waals surface area contributed by atoms with Crippen molar-refractivity contribution in [2.24, 2.45) is 0 Å². The minimum Gasteiger partial charge on any atom is -0.374 e. The Morgan fingerprint density at radius 3 is 1.50 bits per heavy atom. The molecule has 1 aliphatic rings. The van der Waals surface area contributed by atoms with Crippen molar-refractivity contribution in [3.63, 3.8) is 0 Å². The van der Waals surface area contributed by atoms with Crippen molar-refractivity contribution in [3.8, 4) is 11.4 Å². The number of anilines is 2. The van der Waals surface area contributed by atoms with Crippen LogP contribution in [-0.4, -0.2) is 9.13 Å². The molecule has 0 radical (unpaired) electrons. The molecule has 2 N–H and O–H groups in total. The van der Waals surface area contributed by atoms with Crippen LogP contribution in [0.3, 0.4) is 0 Å². The highest BCUT2D eigenvalue weighted by Gasteiger charge is 2.31. The van der Waals surface area contributed by atoms with Gasteiger partial charge in [0.15, 0.2) is 0 Å². The van der Waals surface area contributed by atoms with E-state index in [0.717, 1.165) is 22.7 Å². The molecule has 2 aromatic heterocycles. The van der Waals surface area contributed by atoms with Gasteiger partial charge in [-0.25, -0.2) is 0 Å². The highest BCUT2D eigenvalue weighted by Crippen LogP contribution is 2.45. The molecule has 44 heavy (non-hydrogen) atoms. The molecule has 4 nitrogen and oxygen atoms in total. The Bertz CT molecular complexity index is 2240. The van der Waals surface area contributed by atoms with Crippen LogP contribution in [0, 0.1) is 0 Å². The van der Waals surface area contributed by atoms with Crippen LogP contribution in [0.15, 0.2) is 158 Å².